The normalized spacial score (nSPS) is 13.7. The number of piperazine rings is 1. The average Bonchev–Trinajstić information content (AvgIpc) is 3.54. The molecule has 1 saturated heterocycles. The van der Waals surface area contributed by atoms with Crippen molar-refractivity contribution in [1.82, 2.24) is 24.6 Å². The van der Waals surface area contributed by atoms with Crippen LogP contribution in [0, 0.1) is 24.0 Å². The molecule has 2 aromatic carbocycles. The zero-order valence-electron chi connectivity index (χ0n) is 20.4. The van der Waals surface area contributed by atoms with Crippen LogP contribution in [0.5, 0.6) is 0 Å². The molecular formula is C25H25N7O3S2. The van der Waals surface area contributed by atoms with Crippen LogP contribution in [0.4, 0.5) is 11.4 Å². The summed E-state index contributed by atoms with van der Waals surface area (Å²) in [6.45, 7) is 6.44. The van der Waals surface area contributed by atoms with Gasteiger partial charge in [-0.05, 0) is 37.6 Å². The summed E-state index contributed by atoms with van der Waals surface area (Å²) in [6, 6.07) is 14.6. The minimum absolute atomic E-state index is 0.0700. The fourth-order valence-corrected chi connectivity index (χ4v) is 6.02. The van der Waals surface area contributed by atoms with Gasteiger partial charge in [0.2, 0.25) is 0 Å². The van der Waals surface area contributed by atoms with Gasteiger partial charge in [0.25, 0.3) is 11.6 Å². The van der Waals surface area contributed by atoms with Gasteiger partial charge in [0, 0.05) is 49.4 Å². The number of thiazole rings is 1. The van der Waals surface area contributed by atoms with E-state index >= 15 is 0 Å². The van der Waals surface area contributed by atoms with Crippen molar-refractivity contribution in [3.05, 3.63) is 86.1 Å². The lowest BCUT2D eigenvalue weighted by atomic mass is 10.2. The maximum absolute atomic E-state index is 13.1. The molecule has 12 heteroatoms. The number of thioether (sulfide) groups is 1. The number of hydrogen-bond acceptors (Lipinski definition) is 9. The van der Waals surface area contributed by atoms with Gasteiger partial charge in [-0.2, -0.15) is 0 Å². The fourth-order valence-electron chi connectivity index (χ4n) is 4.24. The summed E-state index contributed by atoms with van der Waals surface area (Å²) in [5.41, 5.74) is 3.64. The number of aryl methyl sites for hydroxylation is 2. The zero-order valence-corrected chi connectivity index (χ0v) is 22.0. The van der Waals surface area contributed by atoms with E-state index < -0.39 is 4.92 Å². The monoisotopic (exact) mass is 535 g/mol. The predicted octanol–water partition coefficient (Wildman–Crippen LogP) is 4.50. The van der Waals surface area contributed by atoms with Crippen LogP contribution in [0.25, 0.3) is 5.69 Å². The highest BCUT2D eigenvalue weighted by atomic mass is 32.2. The van der Waals surface area contributed by atoms with Gasteiger partial charge in [-0.25, -0.2) is 4.98 Å². The van der Waals surface area contributed by atoms with E-state index in [-0.39, 0.29) is 11.6 Å². The van der Waals surface area contributed by atoms with Gasteiger partial charge in [-0.15, -0.1) is 21.5 Å². The first kappa shape index (κ1) is 24.9. The number of non-ortho nitro benzene ring substituents is 1. The number of nitrogens with zero attached hydrogens (tertiary/aromatic N) is 7. The number of rotatable bonds is 7. The number of nitro benzene ring substituents is 1. The highest BCUT2D eigenvalue weighted by Gasteiger charge is 2.24. The van der Waals surface area contributed by atoms with Crippen molar-refractivity contribution in [3.8, 4) is 5.69 Å². The van der Waals surface area contributed by atoms with E-state index in [1.165, 1.54) is 23.5 Å². The third kappa shape index (κ3) is 5.35. The molecule has 37 heavy (non-hydrogen) atoms. The Kier molecular flexibility index (Phi) is 7.19. The molecular weight excluding hydrogens is 510 g/mol. The first-order valence-corrected chi connectivity index (χ1v) is 13.6. The van der Waals surface area contributed by atoms with Crippen molar-refractivity contribution in [2.45, 2.75) is 24.8 Å². The lowest BCUT2D eigenvalue weighted by Crippen LogP contribution is -2.48. The van der Waals surface area contributed by atoms with Crippen LogP contribution >= 0.6 is 23.1 Å². The number of para-hydroxylation sites is 1. The van der Waals surface area contributed by atoms with E-state index in [1.807, 2.05) is 33.9 Å². The molecule has 0 aliphatic carbocycles. The Hall–Kier alpha value is -3.77. The summed E-state index contributed by atoms with van der Waals surface area (Å²) < 4.78 is 2.05. The van der Waals surface area contributed by atoms with Crippen LogP contribution in [0.1, 0.15) is 26.9 Å². The lowest BCUT2D eigenvalue weighted by molar-refractivity contribution is -0.384. The molecule has 1 aliphatic rings. The summed E-state index contributed by atoms with van der Waals surface area (Å²) >= 11 is 3.02. The Morgan fingerprint density at radius 2 is 1.78 bits per heavy atom. The van der Waals surface area contributed by atoms with Gasteiger partial charge in [0.1, 0.15) is 16.5 Å². The first-order valence-electron chi connectivity index (χ1n) is 11.7. The molecule has 0 unspecified atom stereocenters. The number of anilines is 1. The average molecular weight is 536 g/mol. The predicted molar refractivity (Wildman–Crippen MR) is 144 cm³/mol. The number of carbonyl (C=O) groups is 1. The lowest BCUT2D eigenvalue weighted by Gasteiger charge is -2.35. The highest BCUT2D eigenvalue weighted by molar-refractivity contribution is 7.98. The molecule has 1 amide bonds. The van der Waals surface area contributed by atoms with Gasteiger partial charge < -0.3 is 9.80 Å². The van der Waals surface area contributed by atoms with E-state index in [4.69, 9.17) is 0 Å². The topological polar surface area (TPSA) is 110 Å². The van der Waals surface area contributed by atoms with Crippen LogP contribution < -0.4 is 4.90 Å². The van der Waals surface area contributed by atoms with E-state index in [0.29, 0.717) is 37.6 Å². The largest absolute Gasteiger partial charge is 0.368 e. The summed E-state index contributed by atoms with van der Waals surface area (Å²) in [5, 5.41) is 23.0. The van der Waals surface area contributed by atoms with E-state index in [1.54, 1.807) is 23.9 Å². The highest BCUT2D eigenvalue weighted by Crippen LogP contribution is 2.28. The molecule has 190 valence electrons. The first-order chi connectivity index (χ1) is 17.9. The van der Waals surface area contributed by atoms with Gasteiger partial charge in [-0.1, -0.05) is 30.0 Å². The molecule has 0 atom stereocenters. The summed E-state index contributed by atoms with van der Waals surface area (Å²) in [7, 11) is 0. The zero-order chi connectivity index (χ0) is 25.9. The molecule has 0 spiro atoms. The molecule has 1 aliphatic heterocycles. The van der Waals surface area contributed by atoms with Crippen LogP contribution in [0.2, 0.25) is 0 Å². The second-order valence-corrected chi connectivity index (χ2v) is 10.5. The van der Waals surface area contributed by atoms with E-state index in [2.05, 4.69) is 39.1 Å². The Balaban J connectivity index is 1.19. The fraction of sp³-hybridized carbons (Fsp3) is 0.280. The van der Waals surface area contributed by atoms with Crippen molar-refractivity contribution in [2.24, 2.45) is 0 Å². The number of amides is 1. The Labute approximate surface area is 222 Å². The molecule has 0 saturated carbocycles. The van der Waals surface area contributed by atoms with Crippen molar-refractivity contribution < 1.29 is 9.72 Å². The molecule has 0 N–H and O–H groups in total. The summed E-state index contributed by atoms with van der Waals surface area (Å²) in [5.74, 6) is 1.34. The molecule has 2 aromatic heterocycles. The van der Waals surface area contributed by atoms with Gasteiger partial charge in [-0.3, -0.25) is 19.5 Å². The molecule has 1 fully saturated rings. The molecule has 0 bridgehead atoms. The Morgan fingerprint density at radius 3 is 2.49 bits per heavy atom. The van der Waals surface area contributed by atoms with Gasteiger partial charge in [0.05, 0.1) is 16.4 Å². The third-order valence-electron chi connectivity index (χ3n) is 6.24. The second-order valence-electron chi connectivity index (χ2n) is 8.62. The van der Waals surface area contributed by atoms with Gasteiger partial charge in [0.15, 0.2) is 5.16 Å². The number of aromatic nitrogens is 4. The number of benzene rings is 2. The smallest absolute Gasteiger partial charge is 0.273 e. The van der Waals surface area contributed by atoms with Crippen LogP contribution in [0.15, 0.2) is 59.1 Å². The number of carbonyl (C=O) groups excluding carboxylic acids is 1. The Morgan fingerprint density at radius 1 is 1.05 bits per heavy atom. The third-order valence-corrected chi connectivity index (χ3v) is 8.21. The SMILES string of the molecule is Cc1ccccc1-n1c(C)nnc1SCc1nc(C(=O)N2CCN(c3ccc([N+](=O)[O-])cc3)CC2)cs1. The van der Waals surface area contributed by atoms with Crippen molar-refractivity contribution in [2.75, 3.05) is 31.1 Å². The quantitative estimate of drug-likeness (QED) is 0.193. The summed E-state index contributed by atoms with van der Waals surface area (Å²) in [4.78, 5) is 32.1. The molecule has 10 nitrogen and oxygen atoms in total. The maximum Gasteiger partial charge on any atom is 0.273 e. The minimum atomic E-state index is -0.405. The molecule has 0 radical (unpaired) electrons. The second kappa shape index (κ2) is 10.7. The van der Waals surface area contributed by atoms with E-state index in [9.17, 15) is 14.9 Å². The van der Waals surface area contributed by atoms with Crippen molar-refractivity contribution in [1.29, 1.82) is 0 Å². The summed E-state index contributed by atoms with van der Waals surface area (Å²) in [6.07, 6.45) is 0. The standard InChI is InChI=1S/C25H25N7O3S2/c1-17-5-3-4-6-22(17)31-18(2)27-28-25(31)37-16-23-26-21(15-36-23)24(33)30-13-11-29(12-14-30)19-7-9-20(10-8-19)32(34)35/h3-10,15H,11-14,16H2,1-2H3. The van der Waals surface area contributed by atoms with Crippen molar-refractivity contribution >= 4 is 40.4 Å². The van der Waals surface area contributed by atoms with Crippen LogP contribution in [-0.4, -0.2) is 61.7 Å². The van der Waals surface area contributed by atoms with E-state index in [0.717, 1.165) is 32.9 Å². The van der Waals surface area contributed by atoms with Gasteiger partial charge >= 0.3 is 0 Å². The number of hydrogen-bond donors (Lipinski definition) is 0. The molecule has 5 rings (SSSR count). The molecule has 4 aromatic rings. The molecule has 3 heterocycles. The Bertz CT molecular complexity index is 1430. The number of nitro groups is 1. The van der Waals surface area contributed by atoms with Crippen LogP contribution in [-0.2, 0) is 5.75 Å². The van der Waals surface area contributed by atoms with Crippen molar-refractivity contribution in [3.63, 3.8) is 0 Å². The minimum Gasteiger partial charge on any atom is -0.368 e. The van der Waals surface area contributed by atoms with Crippen LogP contribution in [0.3, 0.4) is 0 Å². The maximum atomic E-state index is 13.1.